The van der Waals surface area contributed by atoms with E-state index in [-0.39, 0.29) is 6.04 Å². The fourth-order valence-electron chi connectivity index (χ4n) is 1.65. The monoisotopic (exact) mass is 205 g/mol. The largest absolute Gasteiger partial charge is 0.495 e. The summed E-state index contributed by atoms with van der Waals surface area (Å²) < 4.78 is 5.13. The van der Waals surface area contributed by atoms with Crippen molar-refractivity contribution in [1.82, 2.24) is 10.3 Å². The smallest absolute Gasteiger partial charge is 0.137 e. The van der Waals surface area contributed by atoms with Crippen LogP contribution in [0.15, 0.2) is 24.5 Å². The molecule has 1 aliphatic rings. The normalized spacial score (nSPS) is 20.9. The number of methoxy groups -OCH3 is 1. The highest BCUT2D eigenvalue weighted by Gasteiger charge is 2.11. The van der Waals surface area contributed by atoms with E-state index >= 15 is 0 Å². The fourth-order valence-corrected chi connectivity index (χ4v) is 1.65. The Morgan fingerprint density at radius 1 is 1.53 bits per heavy atom. The lowest BCUT2D eigenvalue weighted by molar-refractivity contribution is 0.412. The Balaban J connectivity index is 2.28. The van der Waals surface area contributed by atoms with Crippen LogP contribution in [0.1, 0.15) is 5.56 Å². The quantitative estimate of drug-likeness (QED) is 0.734. The van der Waals surface area contributed by atoms with Crippen molar-refractivity contribution in [1.29, 1.82) is 0 Å². The van der Waals surface area contributed by atoms with Crippen LogP contribution in [-0.4, -0.2) is 31.2 Å². The van der Waals surface area contributed by atoms with Crippen LogP contribution >= 0.6 is 0 Å². The number of ether oxygens (including phenoxy) is 1. The summed E-state index contributed by atoms with van der Waals surface area (Å²) in [6, 6.07) is 2.05. The van der Waals surface area contributed by atoms with Crippen LogP contribution in [0.4, 0.5) is 0 Å². The number of aromatic nitrogens is 1. The van der Waals surface area contributed by atoms with Crippen LogP contribution in [0, 0.1) is 0 Å². The molecule has 0 fully saturated rings. The molecule has 1 unspecified atom stereocenters. The van der Waals surface area contributed by atoms with Gasteiger partial charge in [0.1, 0.15) is 5.75 Å². The molecule has 0 aromatic carbocycles. The molecule has 1 aromatic rings. The second-order valence-corrected chi connectivity index (χ2v) is 3.60. The molecular formula is C11H15N3O. The lowest BCUT2D eigenvalue weighted by Gasteiger charge is -2.19. The topological polar surface area (TPSA) is 60.2 Å². The van der Waals surface area contributed by atoms with Crippen molar-refractivity contribution in [2.75, 3.05) is 20.2 Å². The van der Waals surface area contributed by atoms with Crippen LogP contribution < -0.4 is 15.8 Å². The van der Waals surface area contributed by atoms with Crippen molar-refractivity contribution < 1.29 is 4.74 Å². The van der Waals surface area contributed by atoms with Gasteiger partial charge in [-0.25, -0.2) is 0 Å². The third-order valence-electron chi connectivity index (χ3n) is 2.43. The van der Waals surface area contributed by atoms with Gasteiger partial charge in [-0.15, -0.1) is 0 Å². The average Bonchev–Trinajstić information content (AvgIpc) is 2.29. The number of nitrogens with zero attached hydrogens (tertiary/aromatic N) is 1. The molecule has 3 N–H and O–H groups in total. The van der Waals surface area contributed by atoms with Gasteiger partial charge in [-0.3, -0.25) is 4.98 Å². The predicted octanol–water partition coefficient (Wildman–Crippen LogP) is 0.404. The number of pyridine rings is 1. The molecule has 2 rings (SSSR count). The molecule has 0 saturated carbocycles. The summed E-state index contributed by atoms with van der Waals surface area (Å²) in [5.41, 5.74) is 8.09. The van der Waals surface area contributed by atoms with E-state index < -0.39 is 0 Å². The van der Waals surface area contributed by atoms with E-state index in [2.05, 4.69) is 16.4 Å². The van der Waals surface area contributed by atoms with Crippen LogP contribution in [0.5, 0.6) is 5.75 Å². The van der Waals surface area contributed by atoms with Gasteiger partial charge in [0, 0.05) is 30.9 Å². The van der Waals surface area contributed by atoms with Crippen molar-refractivity contribution in [2.24, 2.45) is 5.73 Å². The molecule has 4 heteroatoms. The Morgan fingerprint density at radius 3 is 3.13 bits per heavy atom. The molecular weight excluding hydrogens is 190 g/mol. The van der Waals surface area contributed by atoms with Gasteiger partial charge in [-0.1, -0.05) is 6.08 Å². The molecule has 0 aliphatic carbocycles. The van der Waals surface area contributed by atoms with Crippen molar-refractivity contribution in [2.45, 2.75) is 6.04 Å². The molecule has 2 heterocycles. The Hall–Kier alpha value is -1.39. The molecule has 80 valence electrons. The van der Waals surface area contributed by atoms with Crippen LogP contribution in [-0.2, 0) is 0 Å². The highest BCUT2D eigenvalue weighted by molar-refractivity contribution is 5.68. The summed E-state index contributed by atoms with van der Waals surface area (Å²) in [6.07, 6.45) is 5.60. The summed E-state index contributed by atoms with van der Waals surface area (Å²) in [7, 11) is 1.64. The maximum Gasteiger partial charge on any atom is 0.137 e. The highest BCUT2D eigenvalue weighted by atomic mass is 16.5. The minimum Gasteiger partial charge on any atom is -0.495 e. The van der Waals surface area contributed by atoms with Crippen LogP contribution in [0.3, 0.4) is 0 Å². The highest BCUT2D eigenvalue weighted by Crippen LogP contribution is 2.19. The fraction of sp³-hybridized carbons (Fsp3) is 0.364. The summed E-state index contributed by atoms with van der Waals surface area (Å²) in [6.45, 7) is 1.67. The average molecular weight is 205 g/mol. The third-order valence-corrected chi connectivity index (χ3v) is 2.43. The minimum atomic E-state index is 0.0833. The molecule has 1 aromatic heterocycles. The summed E-state index contributed by atoms with van der Waals surface area (Å²) in [4.78, 5) is 4.12. The minimum absolute atomic E-state index is 0.0833. The van der Waals surface area contributed by atoms with E-state index in [1.54, 1.807) is 13.3 Å². The van der Waals surface area contributed by atoms with Crippen LogP contribution in [0.25, 0.3) is 5.57 Å². The van der Waals surface area contributed by atoms with Gasteiger partial charge in [0.25, 0.3) is 0 Å². The number of nitrogens with two attached hydrogens (primary N) is 1. The van der Waals surface area contributed by atoms with Crippen LogP contribution in [0.2, 0.25) is 0 Å². The second kappa shape index (κ2) is 4.42. The van der Waals surface area contributed by atoms with E-state index in [1.165, 1.54) is 5.57 Å². The lowest BCUT2D eigenvalue weighted by Crippen LogP contribution is -2.37. The number of rotatable bonds is 2. The molecule has 0 saturated heterocycles. The molecule has 0 amide bonds. The van der Waals surface area contributed by atoms with Gasteiger partial charge in [0.2, 0.25) is 0 Å². The summed E-state index contributed by atoms with van der Waals surface area (Å²) in [5.74, 6) is 0.771. The first-order chi connectivity index (χ1) is 7.29. The van der Waals surface area contributed by atoms with Crippen molar-refractivity contribution in [3.8, 4) is 5.75 Å². The van der Waals surface area contributed by atoms with E-state index in [0.717, 1.165) is 24.4 Å². The molecule has 1 atom stereocenters. The van der Waals surface area contributed by atoms with Crippen molar-refractivity contribution in [3.05, 3.63) is 30.1 Å². The van der Waals surface area contributed by atoms with E-state index in [1.807, 2.05) is 12.3 Å². The van der Waals surface area contributed by atoms with Gasteiger partial charge < -0.3 is 15.8 Å². The standard InChI is InChI=1S/C11H15N3O/c1-15-11-3-9(5-14-7-11)8-2-10(12)6-13-4-8/h2-3,5,7,10,13H,4,6,12H2,1H3. The Bertz CT molecular complexity index is 376. The van der Waals surface area contributed by atoms with E-state index in [9.17, 15) is 0 Å². The van der Waals surface area contributed by atoms with Crippen molar-refractivity contribution >= 4 is 5.57 Å². The Kier molecular flexibility index (Phi) is 2.99. The Morgan fingerprint density at radius 2 is 2.40 bits per heavy atom. The first-order valence-corrected chi connectivity index (χ1v) is 4.96. The van der Waals surface area contributed by atoms with Gasteiger partial charge in [0.05, 0.1) is 13.3 Å². The number of hydrogen-bond acceptors (Lipinski definition) is 4. The molecule has 0 bridgehead atoms. The molecule has 4 nitrogen and oxygen atoms in total. The zero-order chi connectivity index (χ0) is 10.7. The van der Waals surface area contributed by atoms with E-state index in [0.29, 0.717) is 0 Å². The number of nitrogens with one attached hydrogen (secondary N) is 1. The Labute approximate surface area is 89.1 Å². The number of hydrogen-bond donors (Lipinski definition) is 2. The molecule has 0 radical (unpaired) electrons. The predicted molar refractivity (Wildman–Crippen MR) is 59.6 cm³/mol. The summed E-state index contributed by atoms with van der Waals surface area (Å²) in [5, 5.41) is 3.26. The maximum atomic E-state index is 5.84. The molecule has 1 aliphatic heterocycles. The SMILES string of the molecule is COc1cncc(C2=CC(N)CNC2)c1. The van der Waals surface area contributed by atoms with E-state index in [4.69, 9.17) is 10.5 Å². The summed E-state index contributed by atoms with van der Waals surface area (Å²) >= 11 is 0. The third kappa shape index (κ3) is 2.34. The zero-order valence-electron chi connectivity index (χ0n) is 8.73. The van der Waals surface area contributed by atoms with Gasteiger partial charge in [-0.05, 0) is 11.6 Å². The molecule has 15 heavy (non-hydrogen) atoms. The maximum absolute atomic E-state index is 5.84. The second-order valence-electron chi connectivity index (χ2n) is 3.60. The molecule has 0 spiro atoms. The first-order valence-electron chi connectivity index (χ1n) is 4.96. The van der Waals surface area contributed by atoms with Crippen molar-refractivity contribution in [3.63, 3.8) is 0 Å². The van der Waals surface area contributed by atoms with Gasteiger partial charge in [0.15, 0.2) is 0 Å². The lowest BCUT2D eigenvalue weighted by atomic mass is 10.0. The van der Waals surface area contributed by atoms with Gasteiger partial charge in [-0.2, -0.15) is 0 Å². The van der Waals surface area contributed by atoms with Gasteiger partial charge >= 0.3 is 0 Å². The zero-order valence-corrected chi connectivity index (χ0v) is 8.73. The first kappa shape index (κ1) is 10.1.